The van der Waals surface area contributed by atoms with Gasteiger partial charge in [0.05, 0.1) is 6.26 Å². The lowest BCUT2D eigenvalue weighted by molar-refractivity contribution is 0.108. The summed E-state index contributed by atoms with van der Waals surface area (Å²) in [5.74, 6) is 0. The minimum atomic E-state index is -0.258. The molecule has 0 radical (unpaired) electrons. The van der Waals surface area contributed by atoms with Crippen LogP contribution >= 0.6 is 0 Å². The molecule has 0 aromatic rings. The molecule has 17 heavy (non-hydrogen) atoms. The van der Waals surface area contributed by atoms with E-state index >= 15 is 0 Å². The first-order valence-corrected chi connectivity index (χ1v) is 6.54. The van der Waals surface area contributed by atoms with Crippen LogP contribution in [0.5, 0.6) is 0 Å². The Kier molecular flexibility index (Phi) is 7.68. The number of ether oxygens (including phenoxy) is 1. The predicted octanol–water partition coefficient (Wildman–Crippen LogP) is 4.34. The van der Waals surface area contributed by atoms with Crippen LogP contribution in [0.4, 0.5) is 4.79 Å². The summed E-state index contributed by atoms with van der Waals surface area (Å²) < 4.78 is 5.21. The third-order valence-electron chi connectivity index (χ3n) is 2.61. The van der Waals surface area contributed by atoms with Crippen molar-refractivity contribution < 1.29 is 9.53 Å². The van der Waals surface area contributed by atoms with Crippen molar-refractivity contribution in [2.75, 3.05) is 0 Å². The lowest BCUT2D eigenvalue weighted by Crippen LogP contribution is -2.41. The number of hydrogen-bond donors (Lipinski definition) is 0. The Morgan fingerprint density at radius 2 is 1.76 bits per heavy atom. The van der Waals surface area contributed by atoms with Crippen molar-refractivity contribution in [2.45, 2.75) is 72.9 Å². The zero-order chi connectivity index (χ0) is 13.4. The van der Waals surface area contributed by atoms with Crippen molar-refractivity contribution in [3.63, 3.8) is 0 Å². The van der Waals surface area contributed by atoms with E-state index in [0.717, 1.165) is 24.8 Å². The average Bonchev–Trinajstić information content (AvgIpc) is 2.22. The van der Waals surface area contributed by atoms with Crippen molar-refractivity contribution in [1.29, 1.82) is 0 Å². The Bertz CT molecular complexity index is 249. The molecule has 0 rings (SSSR count). The van der Waals surface area contributed by atoms with Gasteiger partial charge in [0.25, 0.3) is 0 Å². The average molecular weight is 241 g/mol. The molecule has 0 aromatic heterocycles. The van der Waals surface area contributed by atoms with Crippen LogP contribution in [-0.2, 0) is 4.74 Å². The van der Waals surface area contributed by atoms with Crippen LogP contribution in [0.3, 0.4) is 0 Å². The number of amides is 1. The summed E-state index contributed by atoms with van der Waals surface area (Å²) in [6.07, 6.45) is 4.62. The van der Waals surface area contributed by atoms with Gasteiger partial charge in [-0.15, -0.1) is 0 Å². The molecule has 100 valence electrons. The van der Waals surface area contributed by atoms with E-state index in [9.17, 15) is 4.79 Å². The van der Waals surface area contributed by atoms with Gasteiger partial charge in [0.15, 0.2) is 0 Å². The van der Waals surface area contributed by atoms with Gasteiger partial charge in [-0.3, -0.25) is 0 Å². The molecule has 0 saturated heterocycles. The maximum atomic E-state index is 11.9. The zero-order valence-corrected chi connectivity index (χ0v) is 12.1. The molecule has 0 saturated carbocycles. The van der Waals surface area contributed by atoms with Gasteiger partial charge in [-0.05, 0) is 53.0 Å². The van der Waals surface area contributed by atoms with E-state index in [1.807, 2.05) is 34.6 Å². The van der Waals surface area contributed by atoms with Crippen LogP contribution in [-0.4, -0.2) is 23.1 Å². The standard InChI is InChI=1S/C14H27NO2/c1-7-8-9-13(6)10-17-14(16)15(11(2)3)12(4)5/h10-12H,7-9H2,1-6H3/b13-10+. The number of unbranched alkanes of at least 4 members (excludes halogenated alkanes) is 1. The lowest BCUT2D eigenvalue weighted by atomic mass is 10.1. The minimum absolute atomic E-state index is 0.159. The second-order valence-electron chi connectivity index (χ2n) is 5.05. The molecule has 0 unspecified atom stereocenters. The van der Waals surface area contributed by atoms with Gasteiger partial charge in [-0.25, -0.2) is 4.79 Å². The Labute approximate surface area is 106 Å². The Morgan fingerprint density at radius 3 is 2.18 bits per heavy atom. The molecule has 1 amide bonds. The maximum absolute atomic E-state index is 11.9. The number of rotatable bonds is 6. The molecule has 0 atom stereocenters. The molecule has 0 aromatic carbocycles. The third-order valence-corrected chi connectivity index (χ3v) is 2.61. The van der Waals surface area contributed by atoms with Crippen molar-refractivity contribution in [3.8, 4) is 0 Å². The van der Waals surface area contributed by atoms with Gasteiger partial charge in [0.2, 0.25) is 0 Å². The normalized spacial score (nSPS) is 12.1. The highest BCUT2D eigenvalue weighted by Crippen LogP contribution is 2.10. The predicted molar refractivity (Wildman–Crippen MR) is 71.9 cm³/mol. The molecule has 3 heteroatoms. The van der Waals surface area contributed by atoms with Crippen LogP contribution < -0.4 is 0 Å². The Hall–Kier alpha value is -0.990. The van der Waals surface area contributed by atoms with Crippen LogP contribution in [0.1, 0.15) is 60.8 Å². The van der Waals surface area contributed by atoms with Gasteiger partial charge in [-0.2, -0.15) is 0 Å². The number of allylic oxidation sites excluding steroid dienone is 1. The molecule has 0 fully saturated rings. The maximum Gasteiger partial charge on any atom is 0.415 e. The quantitative estimate of drug-likeness (QED) is 0.647. The number of carbonyl (C=O) groups is 1. The molecule has 0 aliphatic heterocycles. The van der Waals surface area contributed by atoms with E-state index in [4.69, 9.17) is 4.74 Å². The molecular formula is C14H27NO2. The second-order valence-corrected chi connectivity index (χ2v) is 5.05. The summed E-state index contributed by atoms with van der Waals surface area (Å²) in [5, 5.41) is 0. The second kappa shape index (κ2) is 8.15. The van der Waals surface area contributed by atoms with Crippen molar-refractivity contribution >= 4 is 6.09 Å². The van der Waals surface area contributed by atoms with Crippen molar-refractivity contribution in [2.24, 2.45) is 0 Å². The van der Waals surface area contributed by atoms with Gasteiger partial charge < -0.3 is 9.64 Å². The van der Waals surface area contributed by atoms with E-state index in [-0.39, 0.29) is 18.2 Å². The summed E-state index contributed by atoms with van der Waals surface area (Å²) in [4.78, 5) is 13.6. The molecule has 0 bridgehead atoms. The summed E-state index contributed by atoms with van der Waals surface area (Å²) in [5.41, 5.74) is 1.12. The van der Waals surface area contributed by atoms with Crippen molar-refractivity contribution in [3.05, 3.63) is 11.8 Å². The van der Waals surface area contributed by atoms with E-state index in [2.05, 4.69) is 6.92 Å². The van der Waals surface area contributed by atoms with Crippen LogP contribution in [0.2, 0.25) is 0 Å². The SMILES string of the molecule is CCCC/C(C)=C/OC(=O)N(C(C)C)C(C)C. The molecular weight excluding hydrogens is 214 g/mol. The summed E-state index contributed by atoms with van der Waals surface area (Å²) in [7, 11) is 0. The highest BCUT2D eigenvalue weighted by Gasteiger charge is 2.20. The van der Waals surface area contributed by atoms with Gasteiger partial charge >= 0.3 is 6.09 Å². The number of nitrogens with zero attached hydrogens (tertiary/aromatic N) is 1. The van der Waals surface area contributed by atoms with Gasteiger partial charge in [-0.1, -0.05) is 13.3 Å². The van der Waals surface area contributed by atoms with Crippen LogP contribution in [0.15, 0.2) is 11.8 Å². The Balaban J connectivity index is 4.32. The van der Waals surface area contributed by atoms with E-state index in [1.54, 1.807) is 11.2 Å². The molecule has 0 spiro atoms. The van der Waals surface area contributed by atoms with Crippen molar-refractivity contribution in [1.82, 2.24) is 4.90 Å². The fraction of sp³-hybridized carbons (Fsp3) is 0.786. The summed E-state index contributed by atoms with van der Waals surface area (Å²) in [6, 6.07) is 0.318. The van der Waals surface area contributed by atoms with Gasteiger partial charge in [0, 0.05) is 12.1 Å². The highest BCUT2D eigenvalue weighted by atomic mass is 16.5. The first kappa shape index (κ1) is 16.0. The molecule has 3 nitrogen and oxygen atoms in total. The molecule has 0 heterocycles. The fourth-order valence-electron chi connectivity index (χ4n) is 1.74. The van der Waals surface area contributed by atoms with Crippen LogP contribution in [0, 0.1) is 0 Å². The number of hydrogen-bond acceptors (Lipinski definition) is 2. The number of carbonyl (C=O) groups excluding carboxylic acids is 1. The topological polar surface area (TPSA) is 29.5 Å². The first-order valence-electron chi connectivity index (χ1n) is 6.54. The molecule has 0 aliphatic carbocycles. The smallest absolute Gasteiger partial charge is 0.415 e. The largest absolute Gasteiger partial charge is 0.418 e. The summed E-state index contributed by atoms with van der Waals surface area (Å²) in [6.45, 7) is 12.1. The zero-order valence-electron chi connectivity index (χ0n) is 12.1. The molecule has 0 aliphatic rings. The minimum Gasteiger partial charge on any atom is -0.418 e. The van der Waals surface area contributed by atoms with Crippen LogP contribution in [0.25, 0.3) is 0 Å². The van der Waals surface area contributed by atoms with E-state index in [1.165, 1.54) is 0 Å². The van der Waals surface area contributed by atoms with E-state index in [0.29, 0.717) is 0 Å². The Morgan fingerprint density at radius 1 is 1.24 bits per heavy atom. The highest BCUT2D eigenvalue weighted by molar-refractivity contribution is 5.69. The van der Waals surface area contributed by atoms with Gasteiger partial charge in [0.1, 0.15) is 0 Å². The first-order chi connectivity index (χ1) is 7.90. The lowest BCUT2D eigenvalue weighted by Gasteiger charge is -2.29. The van der Waals surface area contributed by atoms with E-state index < -0.39 is 0 Å². The fourth-order valence-corrected chi connectivity index (χ4v) is 1.74. The monoisotopic (exact) mass is 241 g/mol. The summed E-state index contributed by atoms with van der Waals surface area (Å²) >= 11 is 0. The third kappa shape index (κ3) is 6.35. The molecule has 0 N–H and O–H groups in total.